The van der Waals surface area contributed by atoms with E-state index in [-0.39, 0.29) is 48.0 Å². The molecule has 5 atom stereocenters. The Morgan fingerprint density at radius 1 is 0.576 bits per heavy atom. The van der Waals surface area contributed by atoms with Crippen LogP contribution in [0.1, 0.15) is 74.7 Å². The Hall–Kier alpha value is -3.02. The third kappa shape index (κ3) is 11.9. The number of benzene rings is 5. The van der Waals surface area contributed by atoms with Gasteiger partial charge >= 0.3 is 12.4 Å². The van der Waals surface area contributed by atoms with E-state index in [0.29, 0.717) is 21.5 Å². The molecule has 2 fully saturated rings. The van der Waals surface area contributed by atoms with Crippen LogP contribution in [0, 0.1) is 19.3 Å². The summed E-state index contributed by atoms with van der Waals surface area (Å²) in [6, 6.07) is 38.1. The summed E-state index contributed by atoms with van der Waals surface area (Å²) in [7, 11) is 1.50. The zero-order chi connectivity index (χ0) is 40.7. The molecule has 0 aliphatic heterocycles. The number of nitrogens with zero attached hydrogens (tertiary/aromatic N) is 1. The summed E-state index contributed by atoms with van der Waals surface area (Å²) in [6.07, 6.45) is -0.749. The third-order valence-corrected chi connectivity index (χ3v) is 17.1. The molecule has 0 aromatic heterocycles. The normalized spacial score (nSPS) is 19.1. The third-order valence-electron chi connectivity index (χ3n) is 11.6. The first-order valence-corrected chi connectivity index (χ1v) is 22.5. The van der Waals surface area contributed by atoms with Gasteiger partial charge in [0.15, 0.2) is 0 Å². The number of halogens is 6. The van der Waals surface area contributed by atoms with E-state index in [1.54, 1.807) is 0 Å². The SMILES string of the molecule is C1CCCC1.C[C@H](C1CCC(P(c2ccccc2)c2ccccc2)C1C(O)c1ccccc1P(c1ccc(C(F)(F)F)cc1)c1ccc(C(F)(F)F)cc1)N(C)C.[CH3-].[Fe]. The zero-order valence-corrected chi connectivity index (χ0v) is 36.8. The minimum atomic E-state index is -4.55. The molecule has 4 unspecified atom stereocenters. The monoisotopic (exact) mass is 892 g/mol. The minimum absolute atomic E-state index is 0. The first kappa shape index (κ1) is 48.6. The van der Waals surface area contributed by atoms with Crippen LogP contribution in [0.3, 0.4) is 0 Å². The first-order valence-electron chi connectivity index (χ1n) is 19.7. The Kier molecular flexibility index (Phi) is 17.9. The molecule has 0 amide bonds. The fourth-order valence-electron chi connectivity index (χ4n) is 8.49. The Bertz CT molecular complexity index is 1890. The van der Waals surface area contributed by atoms with Crippen molar-refractivity contribution < 1.29 is 48.5 Å². The first-order chi connectivity index (χ1) is 27.3. The van der Waals surface area contributed by atoms with Crippen LogP contribution in [0.25, 0.3) is 0 Å². The van der Waals surface area contributed by atoms with Crippen LogP contribution in [-0.4, -0.2) is 35.8 Å². The number of rotatable bonds is 10. The standard InChI is InChI=1S/C42H41F6NOP2.C5H10.CH3.Fe/c1-28(49(2)3)35-26-27-38(52(31-12-6-4-7-13-31)32-14-8-5-9-15-32)39(35)40(50)36-16-10-11-17-37(36)51(33-22-18-29(19-23-33)41(43,44)45)34-24-20-30(21-25-34)42(46,47)48;1-2-4-5-3-1;;/h4-25,28,35,38-40,50H,26-27H2,1-3H3;1-5H2;1H3;/q;;-1;/t28-,35?,38?,39?,40?;;;/m1.../s1. The molecular formula is C48H54F6FeNOP2-. The summed E-state index contributed by atoms with van der Waals surface area (Å²) >= 11 is 0. The van der Waals surface area contributed by atoms with Gasteiger partial charge in [-0.05, 0) is 118 Å². The number of alkyl halides is 6. The van der Waals surface area contributed by atoms with Crippen LogP contribution in [0.4, 0.5) is 26.3 Å². The molecule has 2 aliphatic carbocycles. The Labute approximate surface area is 359 Å². The van der Waals surface area contributed by atoms with Crippen LogP contribution in [0.15, 0.2) is 133 Å². The minimum Gasteiger partial charge on any atom is -0.388 e. The van der Waals surface area contributed by atoms with E-state index < -0.39 is 45.4 Å². The fourth-order valence-corrected chi connectivity index (χ4v) is 14.1. The predicted molar refractivity (Wildman–Crippen MR) is 232 cm³/mol. The van der Waals surface area contributed by atoms with Crippen molar-refractivity contribution in [3.05, 3.63) is 158 Å². The van der Waals surface area contributed by atoms with Crippen LogP contribution >= 0.6 is 15.8 Å². The number of hydrogen-bond acceptors (Lipinski definition) is 2. The topological polar surface area (TPSA) is 23.5 Å². The van der Waals surface area contributed by atoms with Crippen molar-refractivity contribution in [2.45, 2.75) is 82.0 Å². The molecule has 0 saturated heterocycles. The van der Waals surface area contributed by atoms with E-state index in [4.69, 9.17) is 0 Å². The summed E-state index contributed by atoms with van der Waals surface area (Å²) < 4.78 is 81.8. The van der Waals surface area contributed by atoms with E-state index in [1.807, 2.05) is 74.8 Å². The summed E-state index contributed by atoms with van der Waals surface area (Å²) in [4.78, 5) is 2.18. The number of aliphatic hydroxyl groups is 1. The van der Waals surface area contributed by atoms with Gasteiger partial charge in [-0.3, -0.25) is 0 Å². The molecule has 0 heterocycles. The number of aliphatic hydroxyl groups excluding tert-OH is 1. The van der Waals surface area contributed by atoms with Gasteiger partial charge in [0, 0.05) is 29.0 Å². The van der Waals surface area contributed by atoms with Gasteiger partial charge in [0.2, 0.25) is 0 Å². The van der Waals surface area contributed by atoms with Crippen LogP contribution in [-0.2, 0) is 29.4 Å². The largest absolute Gasteiger partial charge is 0.416 e. The maximum absolute atomic E-state index is 13.6. The van der Waals surface area contributed by atoms with Crippen LogP contribution < -0.4 is 26.5 Å². The molecule has 318 valence electrons. The van der Waals surface area contributed by atoms with E-state index in [2.05, 4.69) is 36.1 Å². The van der Waals surface area contributed by atoms with Gasteiger partial charge in [-0.25, -0.2) is 0 Å². The van der Waals surface area contributed by atoms with Crippen LogP contribution in [0.5, 0.6) is 0 Å². The average Bonchev–Trinajstić information content (AvgIpc) is 3.93. The van der Waals surface area contributed by atoms with Gasteiger partial charge in [-0.1, -0.05) is 141 Å². The molecule has 7 rings (SSSR count). The molecule has 2 aliphatic rings. The molecule has 2 saturated carbocycles. The van der Waals surface area contributed by atoms with Crippen molar-refractivity contribution in [3.8, 4) is 0 Å². The Morgan fingerprint density at radius 2 is 0.983 bits per heavy atom. The van der Waals surface area contributed by atoms with E-state index in [0.717, 1.165) is 37.1 Å². The van der Waals surface area contributed by atoms with Gasteiger partial charge in [-0.15, -0.1) is 0 Å². The Morgan fingerprint density at radius 3 is 1.39 bits per heavy atom. The second kappa shape index (κ2) is 21.7. The van der Waals surface area contributed by atoms with Gasteiger partial charge in [0.1, 0.15) is 0 Å². The summed E-state index contributed by atoms with van der Waals surface area (Å²) in [6.45, 7) is 2.18. The molecule has 0 bridgehead atoms. The van der Waals surface area contributed by atoms with E-state index in [1.165, 1.54) is 67.0 Å². The van der Waals surface area contributed by atoms with Crippen molar-refractivity contribution in [1.29, 1.82) is 0 Å². The van der Waals surface area contributed by atoms with Crippen LogP contribution in [0.2, 0.25) is 0 Å². The Balaban J connectivity index is 0.00000102. The van der Waals surface area contributed by atoms with E-state index in [9.17, 15) is 31.4 Å². The summed E-state index contributed by atoms with van der Waals surface area (Å²) in [5, 5.41) is 17.1. The van der Waals surface area contributed by atoms with E-state index >= 15 is 0 Å². The zero-order valence-electron chi connectivity index (χ0n) is 33.9. The molecule has 2 nitrogen and oxygen atoms in total. The van der Waals surface area contributed by atoms with Crippen molar-refractivity contribution in [2.75, 3.05) is 14.1 Å². The number of hydrogen-bond donors (Lipinski definition) is 1. The molecule has 59 heavy (non-hydrogen) atoms. The molecular weight excluding hydrogens is 838 g/mol. The molecule has 1 N–H and O–H groups in total. The van der Waals surface area contributed by atoms with Gasteiger partial charge < -0.3 is 17.4 Å². The smallest absolute Gasteiger partial charge is 0.388 e. The molecule has 5 aromatic carbocycles. The van der Waals surface area contributed by atoms with Crippen molar-refractivity contribution in [2.24, 2.45) is 11.8 Å². The summed E-state index contributed by atoms with van der Waals surface area (Å²) in [5.74, 6) is -0.0778. The second-order valence-corrected chi connectivity index (χ2v) is 19.9. The molecule has 11 heteroatoms. The predicted octanol–water partition coefficient (Wildman–Crippen LogP) is 11.4. The van der Waals surface area contributed by atoms with Gasteiger partial charge in [-0.2, -0.15) is 26.3 Å². The molecule has 0 spiro atoms. The van der Waals surface area contributed by atoms with Crippen molar-refractivity contribution in [1.82, 2.24) is 4.90 Å². The second-order valence-electron chi connectivity index (χ2n) is 15.3. The fraction of sp³-hybridized carbons (Fsp3) is 0.354. The maximum Gasteiger partial charge on any atom is 0.416 e. The summed E-state index contributed by atoms with van der Waals surface area (Å²) in [5.41, 5.74) is -0.871. The quantitative estimate of drug-likeness (QED) is 0.0654. The van der Waals surface area contributed by atoms with Crippen molar-refractivity contribution in [3.63, 3.8) is 0 Å². The molecule has 5 aromatic rings. The molecule has 0 radical (unpaired) electrons. The van der Waals surface area contributed by atoms with Gasteiger partial charge in [0.05, 0.1) is 17.2 Å². The van der Waals surface area contributed by atoms with Gasteiger partial charge in [0.25, 0.3) is 0 Å². The average molecular weight is 893 g/mol. The maximum atomic E-state index is 13.6. The van der Waals surface area contributed by atoms with Crippen molar-refractivity contribution >= 4 is 42.4 Å².